The van der Waals surface area contributed by atoms with Crippen LogP contribution in [0.5, 0.6) is 17.2 Å². The Labute approximate surface area is 576 Å². The van der Waals surface area contributed by atoms with Gasteiger partial charge in [-0.25, -0.2) is 4.79 Å². The molecular weight excluding hydrogens is 1170 g/mol. The molecule has 2 aromatic rings. The molecular formula is C82H146N2O10. The SMILES string of the molecule is CCC1OC(n2cc(C)c(=O)[nH]c2=O)C[C@H]1OC(=O)CCC(=O)OCc1cc(OCCC(C)CCCC(C)CCCC(C)CCCC(C)C)c(OCCC(C)CCCC(C)CCCC(C)CCCC(C)C)c(OCCC(C)CCCC(C)CCCC(C)CCCC(C)C)c1. The molecule has 1 aliphatic heterocycles. The lowest BCUT2D eigenvalue weighted by Gasteiger charge is -2.21. The molecule has 1 aliphatic rings. The Morgan fingerprint density at radius 3 is 1.16 bits per heavy atom. The molecule has 94 heavy (non-hydrogen) atoms. The number of nitrogens with zero attached hydrogens (tertiary/aromatic N) is 1. The van der Waals surface area contributed by atoms with Gasteiger partial charge in [0.05, 0.1) is 38.8 Å². The van der Waals surface area contributed by atoms with E-state index in [0.717, 1.165) is 90.9 Å². The first-order valence-corrected chi connectivity index (χ1v) is 39.2. The van der Waals surface area contributed by atoms with Crippen LogP contribution in [0, 0.1) is 77.9 Å². The lowest BCUT2D eigenvalue weighted by Crippen LogP contribution is -2.33. The molecule has 12 heteroatoms. The smallest absolute Gasteiger partial charge is 0.330 e. The van der Waals surface area contributed by atoms with Crippen molar-refractivity contribution in [3.63, 3.8) is 0 Å². The van der Waals surface area contributed by atoms with Gasteiger partial charge in [0.15, 0.2) is 11.5 Å². The Hall–Kier alpha value is -3.80. The number of aryl methyl sites for hydroxylation is 1. The van der Waals surface area contributed by atoms with Crippen LogP contribution in [-0.4, -0.2) is 53.5 Å². The van der Waals surface area contributed by atoms with E-state index in [0.29, 0.717) is 66.8 Å². The maximum absolute atomic E-state index is 13.5. The van der Waals surface area contributed by atoms with Crippen LogP contribution >= 0.6 is 0 Å². The normalized spacial score (nSPS) is 18.0. The first kappa shape index (κ1) is 84.4. The second-order valence-electron chi connectivity index (χ2n) is 32.3. The molecule has 1 N–H and O–H groups in total. The maximum Gasteiger partial charge on any atom is 0.330 e. The molecule has 12 nitrogen and oxygen atoms in total. The van der Waals surface area contributed by atoms with E-state index in [4.69, 9.17) is 28.4 Å². The summed E-state index contributed by atoms with van der Waals surface area (Å²) in [6.07, 6.45) is 37.9. The van der Waals surface area contributed by atoms with Crippen molar-refractivity contribution in [2.45, 2.75) is 361 Å². The molecule has 1 fully saturated rings. The number of hydrogen-bond donors (Lipinski definition) is 1. The molecule has 0 spiro atoms. The van der Waals surface area contributed by atoms with E-state index in [-0.39, 0.29) is 25.9 Å². The summed E-state index contributed by atoms with van der Waals surface area (Å²) >= 11 is 0. The minimum absolute atomic E-state index is 0.0334. The van der Waals surface area contributed by atoms with E-state index in [9.17, 15) is 19.2 Å². The molecule has 3 rings (SSSR count). The zero-order chi connectivity index (χ0) is 69.4. The predicted molar refractivity (Wildman–Crippen MR) is 392 cm³/mol. The summed E-state index contributed by atoms with van der Waals surface area (Å²) in [6, 6.07) is 3.90. The second-order valence-corrected chi connectivity index (χ2v) is 32.3. The second kappa shape index (κ2) is 48.8. The summed E-state index contributed by atoms with van der Waals surface area (Å²) in [5, 5.41) is 0. The number of ether oxygens (including phenoxy) is 6. The molecule has 1 saturated heterocycles. The van der Waals surface area contributed by atoms with Gasteiger partial charge in [0.25, 0.3) is 5.56 Å². The summed E-state index contributed by atoms with van der Waals surface area (Å²) in [4.78, 5) is 53.8. The summed E-state index contributed by atoms with van der Waals surface area (Å²) in [7, 11) is 0. The highest BCUT2D eigenvalue weighted by Crippen LogP contribution is 2.41. The average Bonchev–Trinajstić information content (AvgIpc) is 1.58. The van der Waals surface area contributed by atoms with E-state index in [1.165, 1.54) is 171 Å². The van der Waals surface area contributed by atoms with Gasteiger partial charge in [-0.05, 0) is 121 Å². The highest BCUT2D eigenvalue weighted by atomic mass is 16.6. The van der Waals surface area contributed by atoms with Crippen LogP contribution in [0.1, 0.15) is 346 Å². The molecule has 12 atom stereocenters. The van der Waals surface area contributed by atoms with Crippen LogP contribution in [0.4, 0.5) is 0 Å². The zero-order valence-electron chi connectivity index (χ0n) is 63.8. The lowest BCUT2D eigenvalue weighted by atomic mass is 9.91. The Kier molecular flexibility index (Phi) is 43.9. The van der Waals surface area contributed by atoms with Crippen molar-refractivity contribution < 1.29 is 38.0 Å². The third kappa shape index (κ3) is 38.4. The first-order chi connectivity index (χ1) is 44.8. The largest absolute Gasteiger partial charge is 0.490 e. The molecule has 2 heterocycles. The number of aromatic amines is 1. The predicted octanol–water partition coefficient (Wildman–Crippen LogP) is 22.5. The van der Waals surface area contributed by atoms with Gasteiger partial charge in [-0.1, -0.05) is 284 Å². The molecule has 0 radical (unpaired) electrons. The fourth-order valence-electron chi connectivity index (χ4n) is 13.8. The van der Waals surface area contributed by atoms with Gasteiger partial charge in [-0.15, -0.1) is 0 Å². The molecule has 544 valence electrons. The Morgan fingerprint density at radius 2 is 0.809 bits per heavy atom. The maximum atomic E-state index is 13.5. The first-order valence-electron chi connectivity index (χ1n) is 39.2. The minimum atomic E-state index is -0.707. The fraction of sp³-hybridized carbons (Fsp3) is 0.854. The zero-order valence-corrected chi connectivity index (χ0v) is 63.8. The van der Waals surface area contributed by atoms with Gasteiger partial charge < -0.3 is 28.4 Å². The number of esters is 2. The molecule has 1 aromatic carbocycles. The number of H-pyrrole nitrogens is 1. The van der Waals surface area contributed by atoms with Crippen LogP contribution in [-0.2, 0) is 30.4 Å². The van der Waals surface area contributed by atoms with Gasteiger partial charge in [0.2, 0.25) is 5.75 Å². The standard InChI is InChI=1S/C82H146N2O10/c1-18-73-74(56-77(93-73)84-57-71(17)81(87)83-82(84)88)94-79(86)47-46-78(85)92-58-72-54-75(89-51-48-68(14)43-25-40-65(11)37-22-34-62(8)31-19-28-59(2)3)80(91-53-50-70(16)45-27-42-67(13)39-24-36-64(10)33-21-30-61(6)7)76(55-72)90-52-49-69(15)44-26-41-66(12)38-23-35-63(9)32-20-29-60(4)5/h54-55,57,59-70,73-74,77H,18-53,56,58H2,1-17H3,(H,83,87,88)/t62?,63?,64?,65?,66?,67?,68?,69?,70?,73?,74-,77?/m1/s1. The van der Waals surface area contributed by atoms with Crippen LogP contribution in [0.15, 0.2) is 27.9 Å². The highest BCUT2D eigenvalue weighted by Gasteiger charge is 2.38. The number of hydrogen-bond acceptors (Lipinski definition) is 10. The number of carbonyl (C=O) groups is 2. The number of nitrogens with one attached hydrogen (secondary N) is 1. The van der Waals surface area contributed by atoms with Gasteiger partial charge in [-0.3, -0.25) is 23.9 Å². The van der Waals surface area contributed by atoms with Crippen molar-refractivity contribution in [1.29, 1.82) is 0 Å². The van der Waals surface area contributed by atoms with E-state index in [1.807, 2.05) is 19.1 Å². The van der Waals surface area contributed by atoms with Crippen molar-refractivity contribution in [1.82, 2.24) is 9.55 Å². The fourth-order valence-corrected chi connectivity index (χ4v) is 13.8. The van der Waals surface area contributed by atoms with Crippen LogP contribution in [0.25, 0.3) is 0 Å². The monoisotopic (exact) mass is 1320 g/mol. The van der Waals surface area contributed by atoms with Crippen LogP contribution in [0.2, 0.25) is 0 Å². The molecule has 0 aliphatic carbocycles. The van der Waals surface area contributed by atoms with Crippen LogP contribution < -0.4 is 25.5 Å². The van der Waals surface area contributed by atoms with Gasteiger partial charge in [0, 0.05) is 18.2 Å². The Morgan fingerprint density at radius 1 is 0.479 bits per heavy atom. The lowest BCUT2D eigenvalue weighted by molar-refractivity contribution is -0.156. The molecule has 0 saturated carbocycles. The number of benzene rings is 1. The summed E-state index contributed by atoms with van der Waals surface area (Å²) in [6.45, 7) is 40.8. The third-order valence-electron chi connectivity index (χ3n) is 20.7. The summed E-state index contributed by atoms with van der Waals surface area (Å²) in [5.74, 6) is 9.32. The topological polar surface area (TPSA) is 144 Å². The minimum Gasteiger partial charge on any atom is -0.490 e. The average molecular weight is 1320 g/mol. The Bertz CT molecular complexity index is 2340. The number of rotatable bonds is 56. The van der Waals surface area contributed by atoms with Crippen molar-refractivity contribution in [3.05, 3.63) is 50.3 Å². The molecule has 0 amide bonds. The number of carbonyl (C=O) groups excluding carboxylic acids is 2. The van der Waals surface area contributed by atoms with Crippen LogP contribution in [0.3, 0.4) is 0 Å². The third-order valence-corrected chi connectivity index (χ3v) is 20.7. The van der Waals surface area contributed by atoms with E-state index in [1.54, 1.807) is 6.92 Å². The molecule has 0 bridgehead atoms. The summed E-state index contributed by atoms with van der Waals surface area (Å²) in [5.41, 5.74) is 0.0586. The molecule has 1 aromatic heterocycles. The van der Waals surface area contributed by atoms with Crippen molar-refractivity contribution in [2.75, 3.05) is 19.8 Å². The van der Waals surface area contributed by atoms with E-state index >= 15 is 0 Å². The van der Waals surface area contributed by atoms with Crippen molar-refractivity contribution in [2.24, 2.45) is 71.0 Å². The van der Waals surface area contributed by atoms with Gasteiger partial charge in [0.1, 0.15) is 18.9 Å². The van der Waals surface area contributed by atoms with Gasteiger partial charge in [-0.2, -0.15) is 0 Å². The quantitative estimate of drug-likeness (QED) is 0.0636. The highest BCUT2D eigenvalue weighted by molar-refractivity contribution is 5.77. The van der Waals surface area contributed by atoms with E-state index < -0.39 is 41.6 Å². The van der Waals surface area contributed by atoms with Gasteiger partial charge >= 0.3 is 17.6 Å². The molecule has 11 unspecified atom stereocenters. The Balaban J connectivity index is 1.74. The van der Waals surface area contributed by atoms with Crippen molar-refractivity contribution >= 4 is 11.9 Å². The number of aromatic nitrogens is 2. The summed E-state index contributed by atoms with van der Waals surface area (Å²) < 4.78 is 39.7. The van der Waals surface area contributed by atoms with E-state index in [2.05, 4.69) is 109 Å². The van der Waals surface area contributed by atoms with Crippen molar-refractivity contribution in [3.8, 4) is 17.2 Å².